The molecule has 1 aliphatic heterocycles. The zero-order chi connectivity index (χ0) is 18.3. The Hall–Kier alpha value is -1.93. The smallest absolute Gasteiger partial charge is 0.305 e. The Morgan fingerprint density at radius 3 is 2.50 bits per heavy atom. The van der Waals surface area contributed by atoms with E-state index in [-0.39, 0.29) is 18.2 Å². The van der Waals surface area contributed by atoms with Gasteiger partial charge >= 0.3 is 6.03 Å². The van der Waals surface area contributed by atoms with Crippen LogP contribution in [0, 0.1) is 0 Å². The van der Waals surface area contributed by atoms with Gasteiger partial charge in [-0.3, -0.25) is 14.4 Å². The Balaban J connectivity index is 1.63. The lowest BCUT2D eigenvalue weighted by Crippen LogP contribution is -2.34. The Labute approximate surface area is 153 Å². The third-order valence-corrected chi connectivity index (χ3v) is 7.12. The average molecular weight is 376 g/mol. The monoisotopic (exact) mass is 376 g/mol. The Bertz CT molecular complexity index is 870. The molecule has 3 aliphatic rings. The van der Waals surface area contributed by atoms with Gasteiger partial charge in [-0.15, -0.1) is 4.36 Å². The number of carbonyl (C=O) groups excluding carboxylic acids is 2. The van der Waals surface area contributed by atoms with Crippen molar-refractivity contribution in [1.82, 2.24) is 9.62 Å². The first-order valence-corrected chi connectivity index (χ1v) is 10.8. The van der Waals surface area contributed by atoms with Crippen LogP contribution in [-0.2, 0) is 40.4 Å². The molecule has 1 fully saturated rings. The average Bonchev–Trinajstić information content (AvgIpc) is 3.18. The van der Waals surface area contributed by atoms with Crippen LogP contribution in [0.25, 0.3) is 0 Å². The lowest BCUT2D eigenvalue weighted by atomic mass is 9.99. The summed E-state index contributed by atoms with van der Waals surface area (Å²) in [5, 5.41) is 2.91. The highest BCUT2D eigenvalue weighted by Gasteiger charge is 2.26. The fraction of sp³-hybridized carbons (Fsp3) is 0.556. The maximum absolute atomic E-state index is 12.9. The van der Waals surface area contributed by atoms with Crippen molar-refractivity contribution in [2.45, 2.75) is 38.5 Å². The molecular weight excluding hydrogens is 352 g/mol. The van der Waals surface area contributed by atoms with Gasteiger partial charge in [0.25, 0.3) is 0 Å². The number of benzene rings is 1. The molecule has 1 atom stereocenters. The molecule has 0 aromatic heterocycles. The minimum absolute atomic E-state index is 0.146. The van der Waals surface area contributed by atoms with E-state index in [1.165, 1.54) is 22.3 Å². The van der Waals surface area contributed by atoms with Crippen LogP contribution >= 0.6 is 0 Å². The summed E-state index contributed by atoms with van der Waals surface area (Å²) in [6.07, 6.45) is 6.18. The first-order valence-electron chi connectivity index (χ1n) is 9.15. The third-order valence-electron chi connectivity index (χ3n) is 5.37. The number of likely N-dealkylation sites (N-methyl/N-ethyl adjacent to an activating group) is 1. The molecule has 1 saturated heterocycles. The van der Waals surface area contributed by atoms with Crippen molar-refractivity contribution in [3.05, 3.63) is 28.3 Å². The van der Waals surface area contributed by atoms with Crippen LogP contribution in [0.3, 0.4) is 0 Å². The summed E-state index contributed by atoms with van der Waals surface area (Å²) in [5.41, 5.74) is 5.91. The normalized spacial score (nSPS) is 25.2. The van der Waals surface area contributed by atoms with E-state index < -0.39 is 15.9 Å². The summed E-state index contributed by atoms with van der Waals surface area (Å²) < 4.78 is 19.2. The predicted molar refractivity (Wildman–Crippen MR) is 101 cm³/mol. The summed E-state index contributed by atoms with van der Waals surface area (Å²) in [7, 11) is -1.31. The van der Waals surface area contributed by atoms with Gasteiger partial charge in [0.05, 0.1) is 12.3 Å². The van der Waals surface area contributed by atoms with Crippen molar-refractivity contribution in [2.75, 3.05) is 31.2 Å². The van der Waals surface area contributed by atoms with Crippen LogP contribution in [0.15, 0.2) is 10.4 Å². The molecule has 0 saturated carbocycles. The second-order valence-corrected chi connectivity index (χ2v) is 9.44. The van der Waals surface area contributed by atoms with Crippen LogP contribution in [0.2, 0.25) is 0 Å². The highest BCUT2D eigenvalue weighted by Crippen LogP contribution is 2.38. The Kier molecular flexibility index (Phi) is 4.48. The number of hydrogen-bond donors (Lipinski definition) is 2. The largest absolute Gasteiger partial charge is 0.354 e. The van der Waals surface area contributed by atoms with Gasteiger partial charge < -0.3 is 5.32 Å². The molecule has 1 aromatic rings. The highest BCUT2D eigenvalue weighted by atomic mass is 32.2. The molecule has 3 amide bonds. The SMILES string of the molecule is CN1CCS(=O)(=NC(=O)Nc2c3c(cc4c2CCC4)CCC3)NC(=O)C1. The summed E-state index contributed by atoms with van der Waals surface area (Å²) in [4.78, 5) is 26.2. The van der Waals surface area contributed by atoms with Crippen LogP contribution in [0.5, 0.6) is 0 Å². The lowest BCUT2D eigenvalue weighted by molar-refractivity contribution is -0.119. The molecule has 26 heavy (non-hydrogen) atoms. The molecule has 2 aliphatic carbocycles. The fourth-order valence-corrected chi connectivity index (χ4v) is 5.70. The van der Waals surface area contributed by atoms with Crippen LogP contribution in [0.1, 0.15) is 35.1 Å². The van der Waals surface area contributed by atoms with E-state index in [4.69, 9.17) is 0 Å². The molecule has 1 unspecified atom stereocenters. The molecule has 0 bridgehead atoms. The van der Waals surface area contributed by atoms with E-state index in [1.807, 2.05) is 0 Å². The van der Waals surface area contributed by atoms with Gasteiger partial charge in [0.15, 0.2) is 0 Å². The standard InChI is InChI=1S/C18H24N4O3S/c1-22-8-9-26(25,20-16(23)11-22)21-18(24)19-17-14-6-2-4-12(14)10-13-5-3-7-15(13)17/h10H,2-9,11H2,1H3,(H2,19,20,21,23,24,25). The highest BCUT2D eigenvalue weighted by molar-refractivity contribution is 7.92. The number of amides is 3. The Morgan fingerprint density at radius 2 is 1.85 bits per heavy atom. The molecule has 1 heterocycles. The second-order valence-electron chi connectivity index (χ2n) is 7.36. The number of urea groups is 1. The minimum Gasteiger partial charge on any atom is -0.305 e. The number of fused-ring (bicyclic) bond motifs is 2. The van der Waals surface area contributed by atoms with E-state index in [2.05, 4.69) is 20.5 Å². The van der Waals surface area contributed by atoms with Crippen molar-refractivity contribution in [3.8, 4) is 0 Å². The molecule has 7 nitrogen and oxygen atoms in total. The van der Waals surface area contributed by atoms with Crippen molar-refractivity contribution in [1.29, 1.82) is 0 Å². The molecular formula is C18H24N4O3S. The minimum atomic E-state index is -3.08. The molecule has 140 valence electrons. The molecule has 1 aromatic carbocycles. The number of anilines is 1. The summed E-state index contributed by atoms with van der Waals surface area (Å²) in [6.45, 7) is 0.609. The molecule has 8 heteroatoms. The van der Waals surface area contributed by atoms with E-state index in [9.17, 15) is 13.8 Å². The van der Waals surface area contributed by atoms with Gasteiger partial charge in [-0.1, -0.05) is 6.07 Å². The number of hydrogen-bond acceptors (Lipinski definition) is 4. The molecule has 2 N–H and O–H groups in total. The van der Waals surface area contributed by atoms with Crippen LogP contribution in [0.4, 0.5) is 10.5 Å². The first-order chi connectivity index (χ1) is 12.4. The number of rotatable bonds is 1. The summed E-state index contributed by atoms with van der Waals surface area (Å²) in [6, 6.07) is 1.66. The van der Waals surface area contributed by atoms with E-state index >= 15 is 0 Å². The Morgan fingerprint density at radius 1 is 1.19 bits per heavy atom. The zero-order valence-corrected chi connectivity index (χ0v) is 15.8. The van der Waals surface area contributed by atoms with Gasteiger partial charge in [-0.2, -0.15) is 0 Å². The van der Waals surface area contributed by atoms with Crippen LogP contribution < -0.4 is 10.0 Å². The van der Waals surface area contributed by atoms with E-state index in [0.29, 0.717) is 6.54 Å². The number of nitrogens with one attached hydrogen (secondary N) is 2. The van der Waals surface area contributed by atoms with Gasteiger partial charge in [-0.25, -0.2) is 9.00 Å². The first kappa shape index (κ1) is 17.5. The van der Waals surface area contributed by atoms with Crippen LogP contribution in [-0.4, -0.2) is 46.9 Å². The van der Waals surface area contributed by atoms with Gasteiger partial charge in [0.1, 0.15) is 9.92 Å². The van der Waals surface area contributed by atoms with Crippen molar-refractivity contribution in [3.63, 3.8) is 0 Å². The number of carbonyl (C=O) groups is 2. The maximum atomic E-state index is 12.9. The number of nitrogens with zero attached hydrogens (tertiary/aromatic N) is 2. The van der Waals surface area contributed by atoms with Crippen molar-refractivity contribution >= 4 is 27.5 Å². The third kappa shape index (κ3) is 3.35. The predicted octanol–water partition coefficient (Wildman–Crippen LogP) is 1.64. The lowest BCUT2D eigenvalue weighted by Gasteiger charge is -2.15. The molecule has 0 radical (unpaired) electrons. The van der Waals surface area contributed by atoms with Crippen molar-refractivity contribution in [2.24, 2.45) is 4.36 Å². The zero-order valence-electron chi connectivity index (χ0n) is 15.0. The summed E-state index contributed by atoms with van der Waals surface area (Å²) in [5.74, 6) is -0.221. The second kappa shape index (κ2) is 6.66. The van der Waals surface area contributed by atoms with E-state index in [1.54, 1.807) is 11.9 Å². The molecule has 0 spiro atoms. The quantitative estimate of drug-likeness (QED) is 0.780. The molecule has 4 rings (SSSR count). The van der Waals surface area contributed by atoms with E-state index in [0.717, 1.165) is 44.2 Å². The summed E-state index contributed by atoms with van der Waals surface area (Å²) >= 11 is 0. The van der Waals surface area contributed by atoms with Gasteiger partial charge in [0, 0.05) is 12.2 Å². The maximum Gasteiger partial charge on any atom is 0.354 e. The van der Waals surface area contributed by atoms with Gasteiger partial charge in [-0.05, 0) is 67.8 Å². The topological polar surface area (TPSA) is 90.9 Å². The number of aryl methyl sites for hydroxylation is 2. The van der Waals surface area contributed by atoms with Crippen molar-refractivity contribution < 1.29 is 13.8 Å². The van der Waals surface area contributed by atoms with Gasteiger partial charge in [0.2, 0.25) is 5.91 Å². The fourth-order valence-electron chi connectivity index (χ4n) is 4.16.